The summed E-state index contributed by atoms with van der Waals surface area (Å²) in [7, 11) is 0. The Balaban J connectivity index is 1.43. The Labute approximate surface area is 187 Å². The first-order chi connectivity index (χ1) is 15.2. The first kappa shape index (κ1) is 21.7. The zero-order valence-electron chi connectivity index (χ0n) is 18.7. The maximum atomic E-state index is 12.6. The van der Waals surface area contributed by atoms with Gasteiger partial charge in [0.1, 0.15) is 17.9 Å². The minimum absolute atomic E-state index is 0.0848. The van der Waals surface area contributed by atoms with Crippen molar-refractivity contribution in [3.8, 4) is 5.75 Å². The van der Waals surface area contributed by atoms with Crippen LogP contribution in [-0.4, -0.2) is 45.7 Å². The van der Waals surface area contributed by atoms with Crippen LogP contribution in [0.4, 0.5) is 4.79 Å². The maximum absolute atomic E-state index is 12.6. The molecule has 3 aromatic rings. The van der Waals surface area contributed by atoms with E-state index in [-0.39, 0.29) is 18.2 Å². The van der Waals surface area contributed by atoms with Crippen LogP contribution in [0.5, 0.6) is 5.75 Å². The van der Waals surface area contributed by atoms with Gasteiger partial charge in [0, 0.05) is 23.1 Å². The van der Waals surface area contributed by atoms with Gasteiger partial charge in [-0.2, -0.15) is 0 Å². The third-order valence-electron chi connectivity index (χ3n) is 5.49. The molecule has 0 saturated carbocycles. The van der Waals surface area contributed by atoms with Gasteiger partial charge in [0.2, 0.25) is 5.91 Å². The van der Waals surface area contributed by atoms with Crippen LogP contribution in [0.15, 0.2) is 42.5 Å². The first-order valence-corrected chi connectivity index (χ1v) is 10.8. The summed E-state index contributed by atoms with van der Waals surface area (Å²) in [6, 6.07) is 13.7. The molecule has 7 nitrogen and oxygen atoms in total. The normalized spacial score (nSPS) is 13.7. The highest BCUT2D eigenvalue weighted by molar-refractivity contribution is 5.87. The predicted octanol–water partition coefficient (Wildman–Crippen LogP) is 3.87. The number of aromatic hydroxyl groups is 1. The number of amides is 2. The summed E-state index contributed by atoms with van der Waals surface area (Å²) in [4.78, 5) is 29.6. The fraction of sp³-hybridized carbons (Fsp3) is 0.360. The topological polar surface area (TPSA) is 94.7 Å². The summed E-state index contributed by atoms with van der Waals surface area (Å²) in [5.74, 6) is 0.137. The highest BCUT2D eigenvalue weighted by Gasteiger charge is 2.25. The number of alkyl carbamates (subject to hydrolysis) is 1. The molecule has 0 spiro atoms. The number of hydrogen-bond donors (Lipinski definition) is 3. The van der Waals surface area contributed by atoms with Gasteiger partial charge in [-0.15, -0.1) is 0 Å². The molecule has 0 aliphatic carbocycles. The van der Waals surface area contributed by atoms with E-state index in [2.05, 4.69) is 28.5 Å². The molecule has 0 saturated heterocycles. The Morgan fingerprint density at radius 2 is 1.94 bits per heavy atom. The zero-order chi connectivity index (χ0) is 22.9. The highest BCUT2D eigenvalue weighted by Crippen LogP contribution is 2.29. The van der Waals surface area contributed by atoms with E-state index in [4.69, 9.17) is 4.74 Å². The molecule has 2 amide bonds. The number of nitrogens with zero attached hydrogens (tertiary/aromatic N) is 1. The fourth-order valence-corrected chi connectivity index (χ4v) is 4.09. The lowest BCUT2D eigenvalue weighted by Gasteiger charge is -2.27. The number of aromatic amines is 1. The smallest absolute Gasteiger partial charge is 0.408 e. The summed E-state index contributed by atoms with van der Waals surface area (Å²) in [6.07, 6.45) is 0.905. The standard InChI is InChI=1S/C25H29N3O4/c1-25(2,3)32-24(31)26-14-23(30)28-10-9-19-20-13-17(7-8-21(20)27-22(19)15-28)11-16-5-4-6-18(29)12-16/h4-8,12-13,27,29H,9-11,14-15H2,1-3H3,(H,26,31). The number of carbonyl (C=O) groups excluding carboxylic acids is 2. The van der Waals surface area contributed by atoms with Gasteiger partial charge in [-0.05, 0) is 74.6 Å². The Morgan fingerprint density at radius 1 is 1.16 bits per heavy atom. The van der Waals surface area contributed by atoms with Gasteiger partial charge in [0.25, 0.3) is 0 Å². The summed E-state index contributed by atoms with van der Waals surface area (Å²) >= 11 is 0. The van der Waals surface area contributed by atoms with Gasteiger partial charge in [-0.3, -0.25) is 4.79 Å². The Morgan fingerprint density at radius 3 is 2.69 bits per heavy atom. The molecule has 2 heterocycles. The SMILES string of the molecule is CC(C)(C)OC(=O)NCC(=O)N1CCc2c([nH]c3ccc(Cc4cccc(O)c4)cc23)C1. The van der Waals surface area contributed by atoms with E-state index < -0.39 is 11.7 Å². The van der Waals surface area contributed by atoms with E-state index in [0.717, 1.165) is 29.6 Å². The molecule has 7 heteroatoms. The molecule has 1 aliphatic heterocycles. The van der Waals surface area contributed by atoms with Crippen LogP contribution in [0, 0.1) is 0 Å². The van der Waals surface area contributed by atoms with E-state index in [9.17, 15) is 14.7 Å². The number of hydrogen-bond acceptors (Lipinski definition) is 4. The Hall–Kier alpha value is -3.48. The molecule has 1 aromatic heterocycles. The average Bonchev–Trinajstić information content (AvgIpc) is 3.08. The number of nitrogens with one attached hydrogen (secondary N) is 2. The molecule has 0 bridgehead atoms. The van der Waals surface area contributed by atoms with Crippen molar-refractivity contribution in [1.29, 1.82) is 0 Å². The number of carbonyl (C=O) groups is 2. The molecule has 3 N–H and O–H groups in total. The van der Waals surface area contributed by atoms with E-state index in [1.807, 2.05) is 12.1 Å². The van der Waals surface area contributed by atoms with Crippen molar-refractivity contribution in [2.75, 3.05) is 13.1 Å². The second-order valence-electron chi connectivity index (χ2n) is 9.23. The van der Waals surface area contributed by atoms with Crippen LogP contribution in [0.25, 0.3) is 10.9 Å². The Bertz CT molecular complexity index is 1160. The predicted molar refractivity (Wildman–Crippen MR) is 123 cm³/mol. The van der Waals surface area contributed by atoms with E-state index in [1.165, 1.54) is 16.5 Å². The van der Waals surface area contributed by atoms with Gasteiger partial charge in [-0.1, -0.05) is 18.2 Å². The maximum Gasteiger partial charge on any atom is 0.408 e. The largest absolute Gasteiger partial charge is 0.508 e. The van der Waals surface area contributed by atoms with Gasteiger partial charge < -0.3 is 25.0 Å². The molecule has 168 valence electrons. The molecular weight excluding hydrogens is 406 g/mol. The number of phenols is 1. The number of H-pyrrole nitrogens is 1. The van der Waals surface area contributed by atoms with Crippen LogP contribution in [0.2, 0.25) is 0 Å². The molecule has 2 aromatic carbocycles. The average molecular weight is 436 g/mol. The van der Waals surface area contributed by atoms with Crippen LogP contribution in [0.1, 0.15) is 43.2 Å². The van der Waals surface area contributed by atoms with Gasteiger partial charge in [0.05, 0.1) is 6.54 Å². The molecule has 0 unspecified atom stereocenters. The van der Waals surface area contributed by atoms with Crippen LogP contribution >= 0.6 is 0 Å². The van der Waals surface area contributed by atoms with Crippen molar-refractivity contribution in [3.05, 3.63) is 64.8 Å². The Kier molecular flexibility index (Phi) is 5.82. The molecule has 1 aliphatic rings. The molecular formula is C25H29N3O4. The quantitative estimate of drug-likeness (QED) is 0.580. The third kappa shape index (κ3) is 5.04. The fourth-order valence-electron chi connectivity index (χ4n) is 4.09. The van der Waals surface area contributed by atoms with E-state index in [0.29, 0.717) is 13.1 Å². The van der Waals surface area contributed by atoms with Gasteiger partial charge in [0.15, 0.2) is 0 Å². The minimum Gasteiger partial charge on any atom is -0.508 e. The zero-order valence-corrected chi connectivity index (χ0v) is 18.7. The second kappa shape index (κ2) is 8.57. The molecule has 0 fully saturated rings. The number of rotatable bonds is 4. The summed E-state index contributed by atoms with van der Waals surface area (Å²) < 4.78 is 5.19. The molecule has 0 atom stereocenters. The molecule has 32 heavy (non-hydrogen) atoms. The number of aromatic nitrogens is 1. The number of benzene rings is 2. The molecule has 4 rings (SSSR count). The van der Waals surface area contributed by atoms with Crippen molar-refractivity contribution < 1.29 is 19.4 Å². The summed E-state index contributed by atoms with van der Waals surface area (Å²) in [6.45, 7) is 6.35. The van der Waals surface area contributed by atoms with Gasteiger partial charge >= 0.3 is 6.09 Å². The van der Waals surface area contributed by atoms with E-state index >= 15 is 0 Å². The van der Waals surface area contributed by atoms with Gasteiger partial charge in [-0.25, -0.2) is 4.79 Å². The van der Waals surface area contributed by atoms with Crippen molar-refractivity contribution in [2.24, 2.45) is 0 Å². The number of fused-ring (bicyclic) bond motifs is 3. The number of phenolic OH excluding ortho intramolecular Hbond substituents is 1. The van der Waals surface area contributed by atoms with Crippen molar-refractivity contribution in [2.45, 2.75) is 45.8 Å². The number of ether oxygens (including phenoxy) is 1. The minimum atomic E-state index is -0.600. The van der Waals surface area contributed by atoms with Crippen molar-refractivity contribution in [1.82, 2.24) is 15.2 Å². The van der Waals surface area contributed by atoms with Crippen LogP contribution in [-0.2, 0) is 28.9 Å². The van der Waals surface area contributed by atoms with Crippen LogP contribution < -0.4 is 5.32 Å². The first-order valence-electron chi connectivity index (χ1n) is 10.8. The summed E-state index contributed by atoms with van der Waals surface area (Å²) in [5.41, 5.74) is 4.95. The highest BCUT2D eigenvalue weighted by atomic mass is 16.6. The second-order valence-corrected chi connectivity index (χ2v) is 9.23. The lowest BCUT2D eigenvalue weighted by atomic mass is 9.99. The molecule has 0 radical (unpaired) electrons. The van der Waals surface area contributed by atoms with Crippen LogP contribution in [0.3, 0.4) is 0 Å². The van der Waals surface area contributed by atoms with E-state index in [1.54, 1.807) is 37.8 Å². The lowest BCUT2D eigenvalue weighted by molar-refractivity contribution is -0.131. The monoisotopic (exact) mass is 435 g/mol. The van der Waals surface area contributed by atoms with Crippen molar-refractivity contribution >= 4 is 22.9 Å². The summed E-state index contributed by atoms with van der Waals surface area (Å²) in [5, 5.41) is 13.4. The van der Waals surface area contributed by atoms with Crippen molar-refractivity contribution in [3.63, 3.8) is 0 Å². The third-order valence-corrected chi connectivity index (χ3v) is 5.49. The lowest BCUT2D eigenvalue weighted by Crippen LogP contribution is -2.43.